The minimum Gasteiger partial charge on any atom is -0.462 e. The standard InChI is InChI=1S/C32H52O2/c1-20(2)22-10-11-23-24-12-13-26-30(7)16-15-27(34-21(3)33)28(4,5)25(30)14-17-32(26,9)31(24,8)19-18-29(22,23)6/h20,22,25-27H,10-19H2,1-9H3/t22-,25-,26+,27+,29-,30-,31-,32-/m0/s1. The van der Waals surface area contributed by atoms with Gasteiger partial charge in [-0.3, -0.25) is 4.79 Å². The summed E-state index contributed by atoms with van der Waals surface area (Å²) >= 11 is 0. The first-order valence-corrected chi connectivity index (χ1v) is 14.6. The van der Waals surface area contributed by atoms with Gasteiger partial charge in [-0.25, -0.2) is 0 Å². The molecule has 0 radical (unpaired) electrons. The molecule has 0 saturated heterocycles. The Balaban J connectivity index is 1.52. The molecule has 0 aromatic rings. The van der Waals surface area contributed by atoms with Crippen molar-refractivity contribution < 1.29 is 9.53 Å². The highest BCUT2D eigenvalue weighted by Crippen LogP contribution is 2.76. The van der Waals surface area contributed by atoms with E-state index in [1.165, 1.54) is 57.8 Å². The Morgan fingerprint density at radius 1 is 0.824 bits per heavy atom. The predicted octanol–water partition coefficient (Wildman–Crippen LogP) is 8.74. The minimum absolute atomic E-state index is 0.0563. The van der Waals surface area contributed by atoms with Crippen molar-refractivity contribution in [3.05, 3.63) is 11.1 Å². The molecule has 8 atom stereocenters. The van der Waals surface area contributed by atoms with E-state index < -0.39 is 0 Å². The normalized spacial score (nSPS) is 49.7. The molecule has 2 heteroatoms. The lowest BCUT2D eigenvalue weighted by Crippen LogP contribution is -2.64. The molecule has 5 rings (SSSR count). The molecule has 0 N–H and O–H groups in total. The zero-order chi connectivity index (χ0) is 24.9. The summed E-state index contributed by atoms with van der Waals surface area (Å²) < 4.78 is 5.91. The number of carbonyl (C=O) groups excluding carboxylic acids is 1. The van der Waals surface area contributed by atoms with Crippen molar-refractivity contribution in [2.45, 2.75) is 133 Å². The van der Waals surface area contributed by atoms with Gasteiger partial charge in [0.1, 0.15) is 6.10 Å². The highest BCUT2D eigenvalue weighted by Gasteiger charge is 2.68. The average Bonchev–Trinajstić information content (AvgIpc) is 3.08. The highest BCUT2D eigenvalue weighted by molar-refractivity contribution is 5.66. The molecular formula is C32H52O2. The van der Waals surface area contributed by atoms with Crippen LogP contribution in [0.2, 0.25) is 0 Å². The highest BCUT2D eigenvalue weighted by atomic mass is 16.5. The molecule has 5 aliphatic rings. The van der Waals surface area contributed by atoms with E-state index in [9.17, 15) is 4.79 Å². The first-order valence-electron chi connectivity index (χ1n) is 14.6. The Morgan fingerprint density at radius 3 is 2.15 bits per heavy atom. The topological polar surface area (TPSA) is 26.3 Å². The fourth-order valence-corrected chi connectivity index (χ4v) is 11.6. The van der Waals surface area contributed by atoms with Gasteiger partial charge in [-0.15, -0.1) is 0 Å². The zero-order valence-corrected chi connectivity index (χ0v) is 23.8. The van der Waals surface area contributed by atoms with Gasteiger partial charge in [-0.1, -0.05) is 66.5 Å². The fraction of sp³-hybridized carbons (Fsp3) is 0.906. The molecule has 4 fully saturated rings. The van der Waals surface area contributed by atoms with Crippen molar-refractivity contribution in [1.82, 2.24) is 0 Å². The Hall–Kier alpha value is -0.790. The number of fused-ring (bicyclic) bond motifs is 6. The first kappa shape index (κ1) is 24.9. The zero-order valence-electron chi connectivity index (χ0n) is 23.8. The van der Waals surface area contributed by atoms with Crippen LogP contribution in [0.1, 0.15) is 127 Å². The van der Waals surface area contributed by atoms with Crippen molar-refractivity contribution >= 4 is 5.97 Å². The number of ether oxygens (including phenoxy) is 1. The first-order chi connectivity index (χ1) is 15.7. The van der Waals surface area contributed by atoms with Crippen molar-refractivity contribution in [2.75, 3.05) is 0 Å². The third kappa shape index (κ3) is 3.01. The van der Waals surface area contributed by atoms with E-state index in [0.717, 1.165) is 24.2 Å². The largest absolute Gasteiger partial charge is 0.462 e. The van der Waals surface area contributed by atoms with E-state index in [0.29, 0.717) is 27.6 Å². The fourth-order valence-electron chi connectivity index (χ4n) is 11.6. The summed E-state index contributed by atoms with van der Waals surface area (Å²) in [7, 11) is 0. The molecule has 34 heavy (non-hydrogen) atoms. The predicted molar refractivity (Wildman–Crippen MR) is 140 cm³/mol. The van der Waals surface area contributed by atoms with Crippen LogP contribution in [0.15, 0.2) is 11.1 Å². The quantitative estimate of drug-likeness (QED) is 0.299. The smallest absolute Gasteiger partial charge is 0.302 e. The van der Waals surface area contributed by atoms with Gasteiger partial charge in [0.15, 0.2) is 0 Å². The van der Waals surface area contributed by atoms with Crippen LogP contribution >= 0.6 is 0 Å². The number of esters is 1. The van der Waals surface area contributed by atoms with Gasteiger partial charge in [-0.2, -0.15) is 0 Å². The van der Waals surface area contributed by atoms with Crippen LogP contribution in [-0.2, 0) is 9.53 Å². The van der Waals surface area contributed by atoms with E-state index in [-0.39, 0.29) is 17.5 Å². The maximum atomic E-state index is 11.9. The Labute approximate surface area is 210 Å². The number of hydrogen-bond donors (Lipinski definition) is 0. The van der Waals surface area contributed by atoms with Crippen LogP contribution in [0.25, 0.3) is 0 Å². The molecule has 0 aromatic carbocycles. The molecule has 0 amide bonds. The molecular weight excluding hydrogens is 416 g/mol. The number of hydrogen-bond acceptors (Lipinski definition) is 2. The second-order valence-corrected chi connectivity index (χ2v) is 15.2. The molecule has 0 unspecified atom stereocenters. The summed E-state index contributed by atoms with van der Waals surface area (Å²) in [4.78, 5) is 11.9. The second kappa shape index (κ2) is 7.61. The van der Waals surface area contributed by atoms with E-state index >= 15 is 0 Å². The molecule has 0 spiro atoms. The lowest BCUT2D eigenvalue weighted by molar-refractivity contribution is -0.213. The Bertz CT molecular complexity index is 897. The van der Waals surface area contributed by atoms with Crippen molar-refractivity contribution in [2.24, 2.45) is 50.7 Å². The summed E-state index contributed by atoms with van der Waals surface area (Å²) in [5.41, 5.74) is 5.44. The molecule has 5 aliphatic carbocycles. The van der Waals surface area contributed by atoms with Crippen LogP contribution in [0.5, 0.6) is 0 Å². The van der Waals surface area contributed by atoms with E-state index in [1.807, 2.05) is 11.1 Å². The van der Waals surface area contributed by atoms with Gasteiger partial charge < -0.3 is 4.74 Å². The van der Waals surface area contributed by atoms with Crippen molar-refractivity contribution in [1.29, 1.82) is 0 Å². The molecule has 2 nitrogen and oxygen atoms in total. The Morgan fingerprint density at radius 2 is 1.50 bits per heavy atom. The van der Waals surface area contributed by atoms with E-state index in [2.05, 4.69) is 55.4 Å². The van der Waals surface area contributed by atoms with Crippen LogP contribution < -0.4 is 0 Å². The molecule has 192 valence electrons. The maximum absolute atomic E-state index is 11.9. The van der Waals surface area contributed by atoms with Gasteiger partial charge in [0.25, 0.3) is 0 Å². The van der Waals surface area contributed by atoms with E-state index in [1.54, 1.807) is 6.92 Å². The Kier molecular flexibility index (Phi) is 5.57. The minimum atomic E-state index is -0.106. The lowest BCUT2D eigenvalue weighted by Gasteiger charge is -2.70. The number of allylic oxidation sites excluding steroid dienone is 2. The van der Waals surface area contributed by atoms with Crippen LogP contribution in [0.4, 0.5) is 0 Å². The van der Waals surface area contributed by atoms with Crippen molar-refractivity contribution in [3.8, 4) is 0 Å². The monoisotopic (exact) mass is 468 g/mol. The van der Waals surface area contributed by atoms with E-state index in [4.69, 9.17) is 4.74 Å². The molecule has 0 aliphatic heterocycles. The summed E-state index contributed by atoms with van der Waals surface area (Å²) in [5.74, 6) is 2.97. The van der Waals surface area contributed by atoms with Gasteiger partial charge in [0, 0.05) is 12.3 Å². The third-order valence-corrected chi connectivity index (χ3v) is 13.4. The molecule has 0 aromatic heterocycles. The molecule has 4 saturated carbocycles. The van der Waals surface area contributed by atoms with Crippen LogP contribution in [0, 0.1) is 50.7 Å². The molecule has 0 heterocycles. The second-order valence-electron chi connectivity index (χ2n) is 15.2. The van der Waals surface area contributed by atoms with Crippen LogP contribution in [-0.4, -0.2) is 12.1 Å². The van der Waals surface area contributed by atoms with Gasteiger partial charge in [-0.05, 0) is 110 Å². The van der Waals surface area contributed by atoms with Gasteiger partial charge >= 0.3 is 5.97 Å². The van der Waals surface area contributed by atoms with Gasteiger partial charge in [0.2, 0.25) is 0 Å². The average molecular weight is 469 g/mol. The summed E-state index contributed by atoms with van der Waals surface area (Å²) in [6.07, 6.45) is 13.2. The number of rotatable bonds is 2. The SMILES string of the molecule is CC(=O)O[C@@H]1CC[C@]2(C)[C@H]3CCC4=C5CC[C@@H](C(C)C)[C@]5(C)CC[C@]4(C)[C@@]3(C)CC[C@H]2C1(C)C. The summed E-state index contributed by atoms with van der Waals surface area (Å²) in [6, 6.07) is 0. The number of carbonyl (C=O) groups is 1. The van der Waals surface area contributed by atoms with Crippen molar-refractivity contribution in [3.63, 3.8) is 0 Å². The summed E-state index contributed by atoms with van der Waals surface area (Å²) in [6.45, 7) is 22.0. The lowest BCUT2D eigenvalue weighted by atomic mass is 9.34. The van der Waals surface area contributed by atoms with Crippen LogP contribution in [0.3, 0.4) is 0 Å². The van der Waals surface area contributed by atoms with Gasteiger partial charge in [0.05, 0.1) is 0 Å². The third-order valence-electron chi connectivity index (χ3n) is 13.4. The molecule has 0 bridgehead atoms. The maximum Gasteiger partial charge on any atom is 0.302 e. The summed E-state index contributed by atoms with van der Waals surface area (Å²) in [5, 5.41) is 0.